The van der Waals surface area contributed by atoms with Crippen LogP contribution in [0.5, 0.6) is 0 Å². The summed E-state index contributed by atoms with van der Waals surface area (Å²) >= 11 is 0. The number of nitrogens with two attached hydrogens (primary N) is 1. The molecule has 9 heavy (non-hydrogen) atoms. The Morgan fingerprint density at radius 3 is 2.67 bits per heavy atom. The van der Waals surface area contributed by atoms with Crippen LogP contribution in [0.1, 0.15) is 0 Å². The van der Waals surface area contributed by atoms with E-state index in [0.29, 0.717) is 6.54 Å². The summed E-state index contributed by atoms with van der Waals surface area (Å²) in [7, 11) is 0. The van der Waals surface area contributed by atoms with Crippen LogP contribution < -0.4 is 5.73 Å². The quantitative estimate of drug-likeness (QED) is 0.500. The lowest BCUT2D eigenvalue weighted by atomic mass is 10.4. The summed E-state index contributed by atoms with van der Waals surface area (Å²) in [4.78, 5) is 11.8. The zero-order chi connectivity index (χ0) is 6.69. The zero-order valence-electron chi connectivity index (χ0n) is 4.95. The van der Waals surface area contributed by atoms with Crippen LogP contribution >= 0.6 is 0 Å². The molecule has 48 valence electrons. The number of nitrogens with zero attached hydrogens (tertiary/aromatic N) is 1. The number of hydrogen-bond donors (Lipinski definition) is 1. The maximum Gasteiger partial charge on any atom is 0.319 e. The maximum absolute atomic E-state index is 10.4. The first kappa shape index (κ1) is 5.88. The Morgan fingerprint density at radius 2 is 2.33 bits per heavy atom. The fourth-order valence-electron chi connectivity index (χ4n) is 0.631. The molecular weight excluding hydrogens is 116 g/mol. The van der Waals surface area contributed by atoms with E-state index >= 15 is 0 Å². The van der Waals surface area contributed by atoms with Crippen LogP contribution in [0.3, 0.4) is 0 Å². The van der Waals surface area contributed by atoms with E-state index in [1.54, 1.807) is 12.3 Å². The van der Waals surface area contributed by atoms with Crippen LogP contribution in [0, 0.1) is 0 Å². The van der Waals surface area contributed by atoms with E-state index in [1.165, 1.54) is 4.90 Å². The number of rotatable bonds is 0. The Hall–Kier alpha value is -1.25. The van der Waals surface area contributed by atoms with E-state index in [4.69, 9.17) is 5.73 Å². The Kier molecular flexibility index (Phi) is 1.53. The van der Waals surface area contributed by atoms with Crippen molar-refractivity contribution in [1.29, 1.82) is 0 Å². The van der Waals surface area contributed by atoms with Gasteiger partial charge in [-0.3, -0.25) is 4.90 Å². The normalized spacial score (nSPS) is 16.2. The molecule has 0 aromatic heterocycles. The SMILES string of the molecule is NC(=O)N1C=CC=CC1. The summed E-state index contributed by atoms with van der Waals surface area (Å²) in [6.45, 7) is 0.589. The molecule has 2 amide bonds. The number of primary amides is 1. The smallest absolute Gasteiger partial charge is 0.319 e. The molecule has 0 radical (unpaired) electrons. The molecule has 0 aromatic rings. The number of amides is 2. The van der Waals surface area contributed by atoms with Crippen LogP contribution in [-0.2, 0) is 0 Å². The third kappa shape index (κ3) is 1.32. The van der Waals surface area contributed by atoms with Gasteiger partial charge in [-0.05, 0) is 6.08 Å². The standard InChI is InChI=1S/C6H8N2O/c7-6(9)8-4-2-1-3-5-8/h1-4H,5H2,(H2,7,9). The molecule has 0 aliphatic carbocycles. The van der Waals surface area contributed by atoms with Crippen molar-refractivity contribution in [2.75, 3.05) is 6.54 Å². The summed E-state index contributed by atoms with van der Waals surface area (Å²) in [5, 5.41) is 0. The molecule has 1 aliphatic heterocycles. The van der Waals surface area contributed by atoms with Crippen molar-refractivity contribution in [2.24, 2.45) is 5.73 Å². The number of carbonyl (C=O) groups is 1. The lowest BCUT2D eigenvalue weighted by molar-refractivity contribution is 0.228. The van der Waals surface area contributed by atoms with Gasteiger partial charge in [0, 0.05) is 12.7 Å². The predicted molar refractivity (Wildman–Crippen MR) is 34.6 cm³/mol. The molecule has 1 heterocycles. The summed E-state index contributed by atoms with van der Waals surface area (Å²) in [5.41, 5.74) is 4.97. The van der Waals surface area contributed by atoms with Crippen molar-refractivity contribution in [1.82, 2.24) is 4.90 Å². The van der Waals surface area contributed by atoms with Crippen LogP contribution in [-0.4, -0.2) is 17.5 Å². The molecule has 0 atom stereocenters. The number of carbonyl (C=O) groups excluding carboxylic acids is 1. The van der Waals surface area contributed by atoms with Crippen molar-refractivity contribution in [3.05, 3.63) is 24.4 Å². The molecule has 2 N–H and O–H groups in total. The number of allylic oxidation sites excluding steroid dienone is 2. The van der Waals surface area contributed by atoms with Crippen LogP contribution in [0.15, 0.2) is 24.4 Å². The van der Waals surface area contributed by atoms with E-state index in [0.717, 1.165) is 0 Å². The first-order chi connectivity index (χ1) is 4.30. The molecule has 0 saturated heterocycles. The highest BCUT2D eigenvalue weighted by Crippen LogP contribution is 1.95. The van der Waals surface area contributed by atoms with E-state index in [-0.39, 0.29) is 0 Å². The fraction of sp³-hybridized carbons (Fsp3) is 0.167. The molecule has 3 nitrogen and oxygen atoms in total. The average Bonchev–Trinajstić information content (AvgIpc) is 1.90. The molecule has 0 spiro atoms. The van der Waals surface area contributed by atoms with Gasteiger partial charge in [0.05, 0.1) is 0 Å². The van der Waals surface area contributed by atoms with Gasteiger partial charge in [0.25, 0.3) is 0 Å². The summed E-state index contributed by atoms with van der Waals surface area (Å²) in [5.74, 6) is 0. The van der Waals surface area contributed by atoms with Gasteiger partial charge in [-0.1, -0.05) is 12.2 Å². The molecule has 3 heteroatoms. The fourth-order valence-corrected chi connectivity index (χ4v) is 0.631. The average molecular weight is 124 g/mol. The second-order valence-electron chi connectivity index (χ2n) is 1.76. The van der Waals surface area contributed by atoms with Gasteiger partial charge in [-0.2, -0.15) is 0 Å². The zero-order valence-corrected chi connectivity index (χ0v) is 4.95. The highest BCUT2D eigenvalue weighted by Gasteiger charge is 2.03. The third-order valence-corrected chi connectivity index (χ3v) is 1.10. The van der Waals surface area contributed by atoms with Gasteiger partial charge in [0.2, 0.25) is 0 Å². The Bertz CT molecular complexity index is 172. The van der Waals surface area contributed by atoms with Gasteiger partial charge in [0.1, 0.15) is 0 Å². The molecule has 0 unspecified atom stereocenters. The minimum atomic E-state index is -0.407. The molecule has 1 aliphatic rings. The van der Waals surface area contributed by atoms with Gasteiger partial charge in [-0.25, -0.2) is 4.79 Å². The molecule has 0 saturated carbocycles. The van der Waals surface area contributed by atoms with E-state index in [2.05, 4.69) is 0 Å². The molecule has 1 rings (SSSR count). The number of urea groups is 1. The largest absolute Gasteiger partial charge is 0.351 e. The lowest BCUT2D eigenvalue weighted by Crippen LogP contribution is -2.31. The second-order valence-corrected chi connectivity index (χ2v) is 1.76. The van der Waals surface area contributed by atoms with Crippen LogP contribution in [0.25, 0.3) is 0 Å². The van der Waals surface area contributed by atoms with E-state index < -0.39 is 6.03 Å². The van der Waals surface area contributed by atoms with Gasteiger partial charge >= 0.3 is 6.03 Å². The summed E-state index contributed by atoms with van der Waals surface area (Å²) in [6, 6.07) is -0.407. The lowest BCUT2D eigenvalue weighted by Gasteiger charge is -2.14. The monoisotopic (exact) mass is 124 g/mol. The maximum atomic E-state index is 10.4. The van der Waals surface area contributed by atoms with E-state index in [9.17, 15) is 4.79 Å². The van der Waals surface area contributed by atoms with Gasteiger partial charge in [-0.15, -0.1) is 0 Å². The topological polar surface area (TPSA) is 46.3 Å². The predicted octanol–water partition coefficient (Wildman–Crippen LogP) is 0.451. The minimum absolute atomic E-state index is 0.407. The molecule has 0 bridgehead atoms. The summed E-state index contributed by atoms with van der Waals surface area (Å²) < 4.78 is 0. The van der Waals surface area contributed by atoms with Crippen molar-refractivity contribution < 1.29 is 4.79 Å². The van der Waals surface area contributed by atoms with Gasteiger partial charge in [0.15, 0.2) is 0 Å². The van der Waals surface area contributed by atoms with Crippen molar-refractivity contribution >= 4 is 6.03 Å². The Morgan fingerprint density at radius 1 is 1.56 bits per heavy atom. The number of hydrogen-bond acceptors (Lipinski definition) is 1. The first-order valence-electron chi connectivity index (χ1n) is 2.70. The molecule has 0 fully saturated rings. The van der Waals surface area contributed by atoms with Crippen LogP contribution in [0.4, 0.5) is 4.79 Å². The van der Waals surface area contributed by atoms with Crippen LogP contribution in [0.2, 0.25) is 0 Å². The van der Waals surface area contributed by atoms with Crippen molar-refractivity contribution in [3.63, 3.8) is 0 Å². The van der Waals surface area contributed by atoms with E-state index in [1.807, 2.05) is 12.2 Å². The Labute approximate surface area is 53.4 Å². The summed E-state index contributed by atoms with van der Waals surface area (Å²) in [6.07, 6.45) is 7.17. The van der Waals surface area contributed by atoms with Gasteiger partial charge < -0.3 is 5.73 Å². The molecular formula is C6H8N2O. The highest BCUT2D eigenvalue weighted by atomic mass is 16.2. The second kappa shape index (κ2) is 2.35. The third-order valence-electron chi connectivity index (χ3n) is 1.10. The van der Waals surface area contributed by atoms with Crippen molar-refractivity contribution in [3.8, 4) is 0 Å². The highest BCUT2D eigenvalue weighted by molar-refractivity contribution is 5.73. The minimum Gasteiger partial charge on any atom is -0.351 e. The van der Waals surface area contributed by atoms with Crippen molar-refractivity contribution in [2.45, 2.75) is 0 Å². The first-order valence-corrected chi connectivity index (χ1v) is 2.70. The molecule has 0 aromatic carbocycles. The Balaban J connectivity index is 2.56.